The first kappa shape index (κ1) is 11.4. The van der Waals surface area contributed by atoms with Crippen molar-refractivity contribution < 1.29 is 4.79 Å². The highest BCUT2D eigenvalue weighted by atomic mass is 79.9. The van der Waals surface area contributed by atoms with Crippen LogP contribution in [0.2, 0.25) is 0 Å². The maximum Gasteiger partial charge on any atom is 0.251 e. The van der Waals surface area contributed by atoms with Crippen molar-refractivity contribution in [3.05, 3.63) is 46.2 Å². The third-order valence-corrected chi connectivity index (χ3v) is 2.86. The second kappa shape index (κ2) is 4.39. The molecule has 0 bridgehead atoms. The molecule has 1 amide bonds. The molecule has 5 nitrogen and oxygen atoms in total. The van der Waals surface area contributed by atoms with E-state index in [1.54, 1.807) is 18.2 Å². The van der Waals surface area contributed by atoms with Gasteiger partial charge in [-0.3, -0.25) is 4.79 Å². The van der Waals surface area contributed by atoms with E-state index in [0.717, 1.165) is 5.69 Å². The summed E-state index contributed by atoms with van der Waals surface area (Å²) in [5.41, 5.74) is 6.75. The molecule has 0 spiro atoms. The zero-order chi connectivity index (χ0) is 12.4. The first-order valence-corrected chi connectivity index (χ1v) is 5.45. The average Bonchev–Trinajstić information content (AvgIpc) is 2.78. The molecule has 84 valence electrons. The van der Waals surface area contributed by atoms with E-state index in [1.165, 1.54) is 17.1 Å². The molecule has 1 heterocycles. The van der Waals surface area contributed by atoms with Crippen molar-refractivity contribution in [3.8, 4) is 11.8 Å². The maximum absolute atomic E-state index is 10.9. The molecule has 0 radical (unpaired) electrons. The third-order valence-electron chi connectivity index (χ3n) is 2.20. The van der Waals surface area contributed by atoms with Crippen LogP contribution in [0.15, 0.2) is 35.1 Å². The van der Waals surface area contributed by atoms with Gasteiger partial charge in [0.2, 0.25) is 0 Å². The second-order valence-electron chi connectivity index (χ2n) is 3.31. The number of carbonyl (C=O) groups is 1. The van der Waals surface area contributed by atoms with Gasteiger partial charge >= 0.3 is 0 Å². The van der Waals surface area contributed by atoms with Gasteiger partial charge in [-0.05, 0) is 34.1 Å². The molecule has 0 aliphatic heterocycles. The van der Waals surface area contributed by atoms with E-state index >= 15 is 0 Å². The smallest absolute Gasteiger partial charge is 0.251 e. The highest BCUT2D eigenvalue weighted by molar-refractivity contribution is 9.10. The minimum absolute atomic E-state index is 0.338. The normalized spacial score (nSPS) is 9.88. The molecule has 0 unspecified atom stereocenters. The van der Waals surface area contributed by atoms with Gasteiger partial charge in [0.05, 0.1) is 23.0 Å². The van der Waals surface area contributed by atoms with Crippen molar-refractivity contribution in [2.45, 2.75) is 0 Å². The molecule has 0 saturated heterocycles. The Bertz CT molecular complexity index is 627. The van der Waals surface area contributed by atoms with E-state index in [-0.39, 0.29) is 0 Å². The van der Waals surface area contributed by atoms with Gasteiger partial charge in [-0.1, -0.05) is 0 Å². The Balaban J connectivity index is 2.43. The van der Waals surface area contributed by atoms with Crippen molar-refractivity contribution >= 4 is 21.8 Å². The summed E-state index contributed by atoms with van der Waals surface area (Å²) in [6.45, 7) is 0. The number of carbonyl (C=O) groups excluding carboxylic acids is 1. The van der Waals surface area contributed by atoms with E-state index in [0.29, 0.717) is 15.6 Å². The van der Waals surface area contributed by atoms with Crippen molar-refractivity contribution in [3.63, 3.8) is 0 Å². The lowest BCUT2D eigenvalue weighted by atomic mass is 10.2. The molecule has 6 heteroatoms. The lowest BCUT2D eigenvalue weighted by Gasteiger charge is -2.02. The molecule has 17 heavy (non-hydrogen) atoms. The summed E-state index contributed by atoms with van der Waals surface area (Å²) in [5.74, 6) is -0.524. The number of nitrogens with zero attached hydrogens (tertiary/aromatic N) is 3. The number of benzene rings is 1. The molecule has 2 N–H and O–H groups in total. The molecule has 2 aromatic rings. The molecule has 1 aromatic carbocycles. The number of hydrogen-bond donors (Lipinski definition) is 1. The summed E-state index contributed by atoms with van der Waals surface area (Å²) >= 11 is 3.29. The van der Waals surface area contributed by atoms with E-state index in [9.17, 15) is 4.79 Å². The van der Waals surface area contributed by atoms with Crippen LogP contribution >= 0.6 is 15.9 Å². The number of halogens is 1. The standard InChI is InChI=1S/C11H7BrN4O/c12-10-3-9(2-1-7(10)4-13)16-6-8(5-15-16)11(14)17/h1-3,5-6H,(H2,14,17). The highest BCUT2D eigenvalue weighted by Gasteiger charge is 2.07. The van der Waals surface area contributed by atoms with Crippen LogP contribution in [0.4, 0.5) is 0 Å². The minimum atomic E-state index is -0.524. The number of hydrogen-bond acceptors (Lipinski definition) is 3. The van der Waals surface area contributed by atoms with E-state index in [4.69, 9.17) is 11.0 Å². The van der Waals surface area contributed by atoms with Crippen LogP contribution in [0.1, 0.15) is 15.9 Å². The van der Waals surface area contributed by atoms with E-state index in [1.807, 2.05) is 6.07 Å². The maximum atomic E-state index is 10.9. The number of primary amides is 1. The number of aromatic nitrogens is 2. The summed E-state index contributed by atoms with van der Waals surface area (Å²) < 4.78 is 2.19. The predicted octanol–water partition coefficient (Wildman–Crippen LogP) is 1.61. The topological polar surface area (TPSA) is 84.7 Å². The summed E-state index contributed by atoms with van der Waals surface area (Å²) in [6.07, 6.45) is 2.94. The fourth-order valence-corrected chi connectivity index (χ4v) is 1.78. The number of nitrogens with two attached hydrogens (primary N) is 1. The van der Waals surface area contributed by atoms with Crippen molar-refractivity contribution in [1.82, 2.24) is 9.78 Å². The predicted molar refractivity (Wildman–Crippen MR) is 64.5 cm³/mol. The molecular weight excluding hydrogens is 284 g/mol. The van der Waals surface area contributed by atoms with Crippen LogP contribution in [0.3, 0.4) is 0 Å². The lowest BCUT2D eigenvalue weighted by molar-refractivity contribution is 0.100. The van der Waals surface area contributed by atoms with Gasteiger partial charge < -0.3 is 5.73 Å². The molecule has 0 aliphatic rings. The molecule has 0 saturated carbocycles. The van der Waals surface area contributed by atoms with Gasteiger partial charge in [0, 0.05) is 10.7 Å². The van der Waals surface area contributed by atoms with Gasteiger partial charge in [0.25, 0.3) is 5.91 Å². The van der Waals surface area contributed by atoms with Crippen LogP contribution in [-0.2, 0) is 0 Å². The molecule has 0 atom stereocenters. The number of amides is 1. The number of nitriles is 1. The molecule has 2 rings (SSSR count). The largest absolute Gasteiger partial charge is 0.366 e. The zero-order valence-electron chi connectivity index (χ0n) is 8.59. The highest BCUT2D eigenvalue weighted by Crippen LogP contribution is 2.20. The first-order valence-electron chi connectivity index (χ1n) is 4.66. The molecule has 0 fully saturated rings. The monoisotopic (exact) mass is 290 g/mol. The van der Waals surface area contributed by atoms with Crippen LogP contribution < -0.4 is 5.73 Å². The third kappa shape index (κ3) is 2.19. The van der Waals surface area contributed by atoms with Crippen LogP contribution in [0.5, 0.6) is 0 Å². The van der Waals surface area contributed by atoms with Crippen molar-refractivity contribution in [2.24, 2.45) is 5.73 Å². The molecule has 0 aliphatic carbocycles. The Hall–Kier alpha value is -2.13. The van der Waals surface area contributed by atoms with E-state index in [2.05, 4.69) is 21.0 Å². The van der Waals surface area contributed by atoms with Crippen LogP contribution in [0, 0.1) is 11.3 Å². The molecule has 1 aromatic heterocycles. The SMILES string of the molecule is N#Cc1ccc(-n2cc(C(N)=O)cn2)cc1Br. The van der Waals surface area contributed by atoms with E-state index < -0.39 is 5.91 Å². The Morgan fingerprint density at radius 1 is 1.53 bits per heavy atom. The first-order chi connectivity index (χ1) is 8.11. The summed E-state index contributed by atoms with van der Waals surface area (Å²) in [6, 6.07) is 7.20. The Kier molecular flexibility index (Phi) is 2.93. The van der Waals surface area contributed by atoms with Gasteiger partial charge in [-0.15, -0.1) is 0 Å². The Labute approximate surface area is 106 Å². The van der Waals surface area contributed by atoms with Gasteiger partial charge in [-0.2, -0.15) is 10.4 Å². The van der Waals surface area contributed by atoms with Crippen molar-refractivity contribution in [1.29, 1.82) is 5.26 Å². The number of rotatable bonds is 2. The fraction of sp³-hybridized carbons (Fsp3) is 0. The lowest BCUT2D eigenvalue weighted by Crippen LogP contribution is -2.09. The minimum Gasteiger partial charge on any atom is -0.366 e. The Morgan fingerprint density at radius 2 is 2.29 bits per heavy atom. The average molecular weight is 291 g/mol. The quantitative estimate of drug-likeness (QED) is 0.912. The van der Waals surface area contributed by atoms with Gasteiger partial charge in [0.15, 0.2) is 0 Å². The fourth-order valence-electron chi connectivity index (χ4n) is 1.33. The molecular formula is C11H7BrN4O. The zero-order valence-corrected chi connectivity index (χ0v) is 10.2. The van der Waals surface area contributed by atoms with Gasteiger partial charge in [0.1, 0.15) is 6.07 Å². The second-order valence-corrected chi connectivity index (χ2v) is 4.17. The summed E-state index contributed by atoms with van der Waals surface area (Å²) in [7, 11) is 0. The van der Waals surface area contributed by atoms with Crippen LogP contribution in [0.25, 0.3) is 5.69 Å². The summed E-state index contributed by atoms with van der Waals surface area (Å²) in [4.78, 5) is 10.9. The van der Waals surface area contributed by atoms with Crippen molar-refractivity contribution in [2.75, 3.05) is 0 Å². The Morgan fingerprint density at radius 3 is 2.82 bits per heavy atom. The van der Waals surface area contributed by atoms with Gasteiger partial charge in [-0.25, -0.2) is 4.68 Å². The van der Waals surface area contributed by atoms with Crippen LogP contribution in [-0.4, -0.2) is 15.7 Å². The summed E-state index contributed by atoms with van der Waals surface area (Å²) in [5, 5.41) is 12.8.